The van der Waals surface area contributed by atoms with E-state index in [-0.39, 0.29) is 12.4 Å². The van der Waals surface area contributed by atoms with E-state index in [2.05, 4.69) is 16.8 Å². The molecule has 4 nitrogen and oxygen atoms in total. The van der Waals surface area contributed by atoms with Crippen molar-refractivity contribution in [2.45, 2.75) is 20.3 Å². The second kappa shape index (κ2) is 6.03. The van der Waals surface area contributed by atoms with Crippen molar-refractivity contribution in [3.8, 4) is 11.8 Å². The van der Waals surface area contributed by atoms with Crippen LogP contribution in [0.1, 0.15) is 33.7 Å². The van der Waals surface area contributed by atoms with Crippen molar-refractivity contribution in [3.63, 3.8) is 0 Å². The fourth-order valence-electron chi connectivity index (χ4n) is 1.00. The number of ether oxygens (including phenoxy) is 1. The molecule has 1 aromatic rings. The van der Waals surface area contributed by atoms with Gasteiger partial charge in [0.05, 0.1) is 18.7 Å². The Bertz CT molecular complexity index is 454. The number of aromatic nitrogens is 1. The topological polar surface area (TPSA) is 56.3 Å². The molecular formula is C11H11NO3S. The maximum Gasteiger partial charge on any atom is 0.350 e. The summed E-state index contributed by atoms with van der Waals surface area (Å²) < 4.78 is 4.87. The van der Waals surface area contributed by atoms with Crippen LogP contribution in [0, 0.1) is 18.8 Å². The molecule has 0 fully saturated rings. The molecule has 0 aliphatic heterocycles. The van der Waals surface area contributed by atoms with Crippen LogP contribution in [0.5, 0.6) is 0 Å². The lowest BCUT2D eigenvalue weighted by atomic mass is 10.4. The first-order chi connectivity index (χ1) is 7.69. The van der Waals surface area contributed by atoms with Crippen molar-refractivity contribution in [3.05, 3.63) is 15.6 Å². The van der Waals surface area contributed by atoms with Crippen LogP contribution in [0.15, 0.2) is 0 Å². The molecule has 0 spiro atoms. The largest absolute Gasteiger partial charge is 0.462 e. The van der Waals surface area contributed by atoms with Crippen LogP contribution < -0.4 is 0 Å². The van der Waals surface area contributed by atoms with E-state index in [9.17, 15) is 9.59 Å². The minimum absolute atomic E-state index is 0.174. The average molecular weight is 237 g/mol. The first-order valence-electron chi connectivity index (χ1n) is 4.76. The molecule has 0 aromatic carbocycles. The number of carbonyl (C=O) groups is 2. The molecule has 0 atom stereocenters. The van der Waals surface area contributed by atoms with E-state index in [0.29, 0.717) is 22.2 Å². The van der Waals surface area contributed by atoms with Crippen LogP contribution in [0.25, 0.3) is 0 Å². The Morgan fingerprint density at radius 1 is 1.62 bits per heavy atom. The molecule has 1 rings (SSSR count). The number of aryl methyl sites for hydroxylation is 1. The third-order valence-electron chi connectivity index (χ3n) is 1.64. The highest BCUT2D eigenvalue weighted by Gasteiger charge is 2.15. The van der Waals surface area contributed by atoms with Crippen molar-refractivity contribution in [2.24, 2.45) is 0 Å². The van der Waals surface area contributed by atoms with Gasteiger partial charge in [-0.15, -0.1) is 0 Å². The first kappa shape index (κ1) is 12.4. The summed E-state index contributed by atoms with van der Waals surface area (Å²) >= 11 is 1.18. The summed E-state index contributed by atoms with van der Waals surface area (Å²) in [6, 6.07) is 0. The van der Waals surface area contributed by atoms with Gasteiger partial charge in [0.15, 0.2) is 5.01 Å². The number of thiazole rings is 1. The molecule has 0 amide bonds. The summed E-state index contributed by atoms with van der Waals surface area (Å²) in [5.74, 6) is 4.99. The zero-order chi connectivity index (χ0) is 12.0. The monoisotopic (exact) mass is 237 g/mol. The summed E-state index contributed by atoms with van der Waals surface area (Å²) in [5.41, 5.74) is 0.610. The van der Waals surface area contributed by atoms with Gasteiger partial charge in [-0.1, -0.05) is 17.3 Å². The molecule has 0 saturated carbocycles. The van der Waals surface area contributed by atoms with E-state index in [1.54, 1.807) is 13.8 Å². The van der Waals surface area contributed by atoms with Gasteiger partial charge in [-0.25, -0.2) is 9.78 Å². The van der Waals surface area contributed by atoms with Gasteiger partial charge in [0.2, 0.25) is 0 Å². The minimum Gasteiger partial charge on any atom is -0.462 e. The molecule has 16 heavy (non-hydrogen) atoms. The molecule has 0 saturated heterocycles. The number of rotatable bonds is 3. The fraction of sp³-hybridized carbons (Fsp3) is 0.364. The Hall–Kier alpha value is -1.67. The molecule has 1 aromatic heterocycles. The SMILES string of the molecule is CCOC(=O)c1sc(C#CCC=O)nc1C. The molecule has 84 valence electrons. The average Bonchev–Trinajstić information content (AvgIpc) is 2.61. The van der Waals surface area contributed by atoms with Gasteiger partial charge in [0, 0.05) is 0 Å². The minimum atomic E-state index is -0.374. The fourth-order valence-corrected chi connectivity index (χ4v) is 1.84. The number of nitrogens with zero attached hydrogens (tertiary/aromatic N) is 1. The normalized spacial score (nSPS) is 9.12. The van der Waals surface area contributed by atoms with Gasteiger partial charge in [0.1, 0.15) is 11.2 Å². The van der Waals surface area contributed by atoms with Gasteiger partial charge in [-0.2, -0.15) is 0 Å². The Kier molecular flexibility index (Phi) is 4.67. The molecule has 0 aliphatic carbocycles. The molecule has 0 radical (unpaired) electrons. The lowest BCUT2D eigenvalue weighted by Gasteiger charge is -1.97. The lowest BCUT2D eigenvalue weighted by Crippen LogP contribution is -2.03. The van der Waals surface area contributed by atoms with E-state index in [1.165, 1.54) is 11.3 Å². The number of aldehydes is 1. The highest BCUT2D eigenvalue weighted by atomic mass is 32.1. The van der Waals surface area contributed by atoms with E-state index in [1.807, 2.05) is 0 Å². The highest BCUT2D eigenvalue weighted by molar-refractivity contribution is 7.14. The molecule has 1 heterocycles. The van der Waals surface area contributed by atoms with Crippen molar-refractivity contribution in [2.75, 3.05) is 6.61 Å². The van der Waals surface area contributed by atoms with Crippen LogP contribution >= 0.6 is 11.3 Å². The first-order valence-corrected chi connectivity index (χ1v) is 5.57. The van der Waals surface area contributed by atoms with Gasteiger partial charge in [-0.05, 0) is 19.8 Å². The van der Waals surface area contributed by atoms with Crippen LogP contribution in [-0.2, 0) is 9.53 Å². The van der Waals surface area contributed by atoms with E-state index >= 15 is 0 Å². The third kappa shape index (κ3) is 3.17. The van der Waals surface area contributed by atoms with Gasteiger partial charge in [-0.3, -0.25) is 0 Å². The molecule has 0 unspecified atom stereocenters. The summed E-state index contributed by atoms with van der Waals surface area (Å²) in [7, 11) is 0. The second-order valence-corrected chi connectivity index (χ2v) is 3.83. The summed E-state index contributed by atoms with van der Waals surface area (Å²) in [6.45, 7) is 3.81. The van der Waals surface area contributed by atoms with Crippen molar-refractivity contribution >= 4 is 23.6 Å². The van der Waals surface area contributed by atoms with Gasteiger partial charge >= 0.3 is 5.97 Å². The highest BCUT2D eigenvalue weighted by Crippen LogP contribution is 2.18. The summed E-state index contributed by atoms with van der Waals surface area (Å²) in [6.07, 6.45) is 0.896. The number of hydrogen-bond donors (Lipinski definition) is 0. The zero-order valence-corrected chi connectivity index (χ0v) is 9.89. The predicted molar refractivity (Wildman–Crippen MR) is 60.4 cm³/mol. The van der Waals surface area contributed by atoms with E-state index in [4.69, 9.17) is 4.74 Å². The van der Waals surface area contributed by atoms with Crippen molar-refractivity contribution < 1.29 is 14.3 Å². The smallest absolute Gasteiger partial charge is 0.350 e. The molecule has 0 bridgehead atoms. The van der Waals surface area contributed by atoms with Gasteiger partial charge < -0.3 is 9.53 Å². The number of esters is 1. The maximum absolute atomic E-state index is 11.5. The molecule has 5 heteroatoms. The second-order valence-electron chi connectivity index (χ2n) is 2.83. The van der Waals surface area contributed by atoms with Crippen LogP contribution in [0.2, 0.25) is 0 Å². The van der Waals surface area contributed by atoms with Gasteiger partial charge in [0.25, 0.3) is 0 Å². The molecule has 0 N–H and O–H groups in total. The summed E-state index contributed by atoms with van der Waals surface area (Å²) in [4.78, 5) is 26.1. The maximum atomic E-state index is 11.5. The predicted octanol–water partition coefficient (Wildman–Crippen LogP) is 1.57. The Morgan fingerprint density at radius 2 is 2.38 bits per heavy atom. The third-order valence-corrected chi connectivity index (χ3v) is 2.69. The Morgan fingerprint density at radius 3 is 3.00 bits per heavy atom. The molecule has 0 aliphatic rings. The Labute approximate surface area is 97.6 Å². The molecular weight excluding hydrogens is 226 g/mol. The number of hydrogen-bond acceptors (Lipinski definition) is 5. The van der Waals surface area contributed by atoms with Crippen molar-refractivity contribution in [1.82, 2.24) is 4.98 Å². The number of carbonyl (C=O) groups excluding carboxylic acids is 2. The van der Waals surface area contributed by atoms with Crippen LogP contribution in [-0.4, -0.2) is 23.8 Å². The Balaban J connectivity index is 2.86. The van der Waals surface area contributed by atoms with E-state index in [0.717, 1.165) is 6.29 Å². The quantitative estimate of drug-likeness (QED) is 0.455. The van der Waals surface area contributed by atoms with Crippen LogP contribution in [0.4, 0.5) is 0 Å². The zero-order valence-electron chi connectivity index (χ0n) is 9.07. The summed E-state index contributed by atoms with van der Waals surface area (Å²) in [5, 5.41) is 0.530. The standard InChI is InChI=1S/C11H11NO3S/c1-3-15-11(14)10-8(2)12-9(16-10)6-4-5-7-13/h7H,3,5H2,1-2H3. The van der Waals surface area contributed by atoms with Crippen molar-refractivity contribution in [1.29, 1.82) is 0 Å². The lowest BCUT2D eigenvalue weighted by molar-refractivity contribution is -0.107. The van der Waals surface area contributed by atoms with Crippen LogP contribution in [0.3, 0.4) is 0 Å². The van der Waals surface area contributed by atoms with E-state index < -0.39 is 0 Å².